The van der Waals surface area contributed by atoms with Gasteiger partial charge in [0.2, 0.25) is 0 Å². The highest BCUT2D eigenvalue weighted by Gasteiger charge is 1.86. The van der Waals surface area contributed by atoms with E-state index in [1.54, 1.807) is 13.8 Å². The van der Waals surface area contributed by atoms with Crippen LogP contribution < -0.4 is 0 Å². The molecule has 0 aromatic heterocycles. The van der Waals surface area contributed by atoms with Crippen molar-refractivity contribution in [2.75, 3.05) is 0 Å². The van der Waals surface area contributed by atoms with Gasteiger partial charge >= 0.3 is 0 Å². The van der Waals surface area contributed by atoms with Gasteiger partial charge in [-0.25, -0.2) is 0 Å². The Kier molecular flexibility index (Phi) is 2.46. The van der Waals surface area contributed by atoms with E-state index in [1.807, 2.05) is 0 Å². The molecule has 0 unspecified atom stereocenters. The predicted molar refractivity (Wildman–Crippen MR) is 21.7 cm³/mol. The number of ether oxygens (including phenoxy) is 1. The molecule has 0 atom stereocenters. The SMILES string of the molecule is C[C](C)OC=O. The first-order valence-electron chi connectivity index (χ1n) is 1.68. The van der Waals surface area contributed by atoms with Gasteiger partial charge in [-0.1, -0.05) is 0 Å². The molecule has 0 rings (SSSR count). The van der Waals surface area contributed by atoms with Gasteiger partial charge in [-0.2, -0.15) is 0 Å². The zero-order valence-electron chi connectivity index (χ0n) is 3.89. The van der Waals surface area contributed by atoms with E-state index >= 15 is 0 Å². The molecule has 0 heterocycles. The zero-order chi connectivity index (χ0) is 4.99. The molecule has 0 bridgehead atoms. The summed E-state index contributed by atoms with van der Waals surface area (Å²) in [5.74, 6) is 0. The standard InChI is InChI=1S/C4H7O2/c1-4(2)6-3-5/h3H,1-2H3. The van der Waals surface area contributed by atoms with Crippen LogP contribution in [-0.2, 0) is 9.53 Å². The number of carbonyl (C=O) groups is 1. The molecule has 2 nitrogen and oxygen atoms in total. The monoisotopic (exact) mass is 87.0 g/mol. The summed E-state index contributed by atoms with van der Waals surface area (Å²) in [5.41, 5.74) is 0. The summed E-state index contributed by atoms with van der Waals surface area (Å²) in [6.45, 7) is 3.85. The summed E-state index contributed by atoms with van der Waals surface area (Å²) in [6.07, 6.45) is 0.671. The third kappa shape index (κ3) is 3.47. The van der Waals surface area contributed by atoms with Crippen molar-refractivity contribution in [2.24, 2.45) is 0 Å². The molecule has 0 spiro atoms. The van der Waals surface area contributed by atoms with E-state index in [0.29, 0.717) is 12.6 Å². The molecule has 0 N–H and O–H groups in total. The highest BCUT2D eigenvalue weighted by atomic mass is 16.5. The minimum atomic E-state index is 0.412. The summed E-state index contributed by atoms with van der Waals surface area (Å²) in [4.78, 5) is 9.37. The summed E-state index contributed by atoms with van der Waals surface area (Å²) in [5, 5.41) is 0. The third-order valence-corrected chi connectivity index (χ3v) is 0.284. The fraction of sp³-hybridized carbons (Fsp3) is 0.500. The number of hydrogen-bond acceptors (Lipinski definition) is 2. The Labute approximate surface area is 37.1 Å². The van der Waals surface area contributed by atoms with Crippen molar-refractivity contribution in [1.29, 1.82) is 0 Å². The number of rotatable bonds is 2. The fourth-order valence-corrected chi connectivity index (χ4v) is 0.0962. The second-order valence-electron chi connectivity index (χ2n) is 1.12. The van der Waals surface area contributed by atoms with Gasteiger partial charge in [0, 0.05) is 0 Å². The Morgan fingerprint density at radius 3 is 2.17 bits per heavy atom. The van der Waals surface area contributed by atoms with E-state index in [1.165, 1.54) is 0 Å². The molecular formula is C4H7O2. The van der Waals surface area contributed by atoms with Crippen LogP contribution in [0.25, 0.3) is 0 Å². The van der Waals surface area contributed by atoms with E-state index in [2.05, 4.69) is 4.74 Å². The van der Waals surface area contributed by atoms with E-state index < -0.39 is 0 Å². The quantitative estimate of drug-likeness (QED) is 0.464. The summed E-state index contributed by atoms with van der Waals surface area (Å²) >= 11 is 0. The van der Waals surface area contributed by atoms with Crippen molar-refractivity contribution in [3.63, 3.8) is 0 Å². The van der Waals surface area contributed by atoms with Crippen LogP contribution in [0.4, 0.5) is 0 Å². The average molecular weight is 87.1 g/mol. The van der Waals surface area contributed by atoms with Gasteiger partial charge in [0.1, 0.15) is 6.10 Å². The second kappa shape index (κ2) is 2.69. The lowest BCUT2D eigenvalue weighted by atomic mass is 10.5. The third-order valence-electron chi connectivity index (χ3n) is 0.284. The Hall–Kier alpha value is -0.530. The van der Waals surface area contributed by atoms with Gasteiger partial charge in [-0.05, 0) is 13.8 Å². The van der Waals surface area contributed by atoms with E-state index in [-0.39, 0.29) is 0 Å². The van der Waals surface area contributed by atoms with Crippen LogP contribution in [-0.4, -0.2) is 6.47 Å². The molecule has 0 saturated heterocycles. The molecule has 6 heavy (non-hydrogen) atoms. The molecule has 0 aliphatic heterocycles. The van der Waals surface area contributed by atoms with Crippen LogP contribution in [0, 0.1) is 6.10 Å². The molecule has 35 valence electrons. The minimum Gasteiger partial charge on any atom is -0.458 e. The van der Waals surface area contributed by atoms with Gasteiger partial charge in [0.05, 0.1) is 0 Å². The van der Waals surface area contributed by atoms with Gasteiger partial charge in [-0.3, -0.25) is 4.79 Å². The lowest BCUT2D eigenvalue weighted by Gasteiger charge is -1.94. The smallest absolute Gasteiger partial charge is 0.293 e. The molecule has 0 saturated carbocycles. The molecular weight excluding hydrogens is 80.0 g/mol. The van der Waals surface area contributed by atoms with Gasteiger partial charge in [0.25, 0.3) is 6.47 Å². The van der Waals surface area contributed by atoms with Crippen LogP contribution in [0.2, 0.25) is 0 Å². The van der Waals surface area contributed by atoms with Gasteiger partial charge < -0.3 is 4.74 Å². The predicted octanol–water partition coefficient (Wildman–Crippen LogP) is 0.731. The van der Waals surface area contributed by atoms with Crippen molar-refractivity contribution < 1.29 is 9.53 Å². The first-order chi connectivity index (χ1) is 2.77. The van der Waals surface area contributed by atoms with Crippen LogP contribution in [0.15, 0.2) is 0 Å². The Morgan fingerprint density at radius 2 is 2.17 bits per heavy atom. The maximum absolute atomic E-state index is 9.37. The molecule has 0 aromatic rings. The van der Waals surface area contributed by atoms with Crippen molar-refractivity contribution in [3.05, 3.63) is 6.10 Å². The highest BCUT2D eigenvalue weighted by Crippen LogP contribution is 1.91. The fourth-order valence-electron chi connectivity index (χ4n) is 0.0962. The summed E-state index contributed by atoms with van der Waals surface area (Å²) in [6, 6.07) is 0. The Balaban J connectivity index is 2.81. The van der Waals surface area contributed by atoms with E-state index in [0.717, 1.165) is 0 Å². The Morgan fingerprint density at radius 1 is 1.67 bits per heavy atom. The number of hydrogen-bond donors (Lipinski definition) is 0. The maximum Gasteiger partial charge on any atom is 0.293 e. The molecule has 2 heteroatoms. The normalized spacial score (nSPS) is 8.50. The average Bonchev–Trinajstić information content (AvgIpc) is 1.35. The van der Waals surface area contributed by atoms with Crippen molar-refractivity contribution in [3.8, 4) is 0 Å². The van der Waals surface area contributed by atoms with Crippen molar-refractivity contribution >= 4 is 6.47 Å². The molecule has 0 aromatic carbocycles. The van der Waals surface area contributed by atoms with E-state index in [9.17, 15) is 4.79 Å². The second-order valence-corrected chi connectivity index (χ2v) is 1.12. The first kappa shape index (κ1) is 5.47. The van der Waals surface area contributed by atoms with E-state index in [4.69, 9.17) is 0 Å². The lowest BCUT2D eigenvalue weighted by molar-refractivity contribution is -0.127. The molecule has 1 radical (unpaired) electrons. The molecule has 0 fully saturated rings. The van der Waals surface area contributed by atoms with Gasteiger partial charge in [-0.15, -0.1) is 0 Å². The summed E-state index contributed by atoms with van der Waals surface area (Å²) < 4.78 is 4.28. The number of carbonyl (C=O) groups excluding carboxylic acids is 1. The van der Waals surface area contributed by atoms with Crippen molar-refractivity contribution in [2.45, 2.75) is 13.8 Å². The van der Waals surface area contributed by atoms with Crippen LogP contribution >= 0.6 is 0 Å². The van der Waals surface area contributed by atoms with Crippen LogP contribution in [0.1, 0.15) is 13.8 Å². The maximum atomic E-state index is 9.37. The van der Waals surface area contributed by atoms with Gasteiger partial charge in [0.15, 0.2) is 0 Å². The van der Waals surface area contributed by atoms with Crippen LogP contribution in [0.3, 0.4) is 0 Å². The zero-order valence-corrected chi connectivity index (χ0v) is 3.89. The lowest BCUT2D eigenvalue weighted by Crippen LogP contribution is -1.87. The van der Waals surface area contributed by atoms with Crippen molar-refractivity contribution in [1.82, 2.24) is 0 Å². The van der Waals surface area contributed by atoms with Crippen LogP contribution in [0.5, 0.6) is 0 Å². The minimum absolute atomic E-state index is 0.412. The largest absolute Gasteiger partial charge is 0.458 e. The molecule has 0 aliphatic rings. The Bertz CT molecular complexity index is 40.8. The topological polar surface area (TPSA) is 26.3 Å². The highest BCUT2D eigenvalue weighted by molar-refractivity contribution is 5.38. The molecule has 0 amide bonds. The molecule has 0 aliphatic carbocycles. The first-order valence-corrected chi connectivity index (χ1v) is 1.68. The summed E-state index contributed by atoms with van der Waals surface area (Å²) in [7, 11) is 0.